The van der Waals surface area contributed by atoms with Gasteiger partial charge in [0, 0.05) is 6.54 Å². The monoisotopic (exact) mass is 635 g/mol. The number of aromatic nitrogens is 2. The molecule has 1 fully saturated rings. The van der Waals surface area contributed by atoms with Gasteiger partial charge < -0.3 is 24.7 Å². The molecule has 12 heteroatoms. The maximum atomic E-state index is 13.7. The van der Waals surface area contributed by atoms with E-state index < -0.39 is 47.2 Å². The number of carbonyl (C=O) groups excluding carboxylic acids is 4. The molecule has 46 heavy (non-hydrogen) atoms. The van der Waals surface area contributed by atoms with Gasteiger partial charge in [0.1, 0.15) is 24.5 Å². The molecule has 0 radical (unpaired) electrons. The van der Waals surface area contributed by atoms with Gasteiger partial charge in [0.2, 0.25) is 23.5 Å². The van der Waals surface area contributed by atoms with E-state index in [1.54, 1.807) is 39.8 Å². The highest BCUT2D eigenvalue weighted by Crippen LogP contribution is 2.31. The van der Waals surface area contributed by atoms with E-state index in [9.17, 15) is 23.6 Å². The zero-order chi connectivity index (χ0) is 33.6. The van der Waals surface area contributed by atoms with Gasteiger partial charge in [-0.1, -0.05) is 70.2 Å². The van der Waals surface area contributed by atoms with Crippen LogP contribution in [-0.2, 0) is 26.3 Å². The number of amides is 3. The van der Waals surface area contributed by atoms with Gasteiger partial charge in [-0.05, 0) is 61.8 Å². The average Bonchev–Trinajstić information content (AvgIpc) is 3.73. The first kappa shape index (κ1) is 34.3. The number of carbonyl (C=O) groups is 4. The Labute approximate surface area is 268 Å². The van der Waals surface area contributed by atoms with E-state index in [-0.39, 0.29) is 36.0 Å². The summed E-state index contributed by atoms with van der Waals surface area (Å²) in [5, 5.41) is 13.5. The third-order valence-electron chi connectivity index (χ3n) is 8.24. The Morgan fingerprint density at radius 1 is 0.957 bits per heavy atom. The number of alkyl carbamates (subject to hydrolysis) is 1. The summed E-state index contributed by atoms with van der Waals surface area (Å²) in [6.45, 7) is 11.2. The SMILES string of the molecule is CC(C)[C@H](NC(=O)[C@@H]1CCCN1C(=O)[C@@H](NC(=O)OCc1ccccc1)C(C)C)C(=O)c1nnc(C(C)(C)c2ccc(F)cc2)o1. The third kappa shape index (κ3) is 7.96. The van der Waals surface area contributed by atoms with Crippen LogP contribution in [0.5, 0.6) is 0 Å². The van der Waals surface area contributed by atoms with Crippen LogP contribution in [0.15, 0.2) is 59.0 Å². The van der Waals surface area contributed by atoms with Crippen LogP contribution in [0, 0.1) is 17.7 Å². The van der Waals surface area contributed by atoms with E-state index >= 15 is 0 Å². The second kappa shape index (κ2) is 14.7. The first-order chi connectivity index (χ1) is 21.8. The molecule has 0 bridgehead atoms. The van der Waals surface area contributed by atoms with Crippen LogP contribution < -0.4 is 10.6 Å². The van der Waals surface area contributed by atoms with Gasteiger partial charge in [-0.2, -0.15) is 0 Å². The van der Waals surface area contributed by atoms with Gasteiger partial charge in [0.15, 0.2) is 0 Å². The summed E-state index contributed by atoms with van der Waals surface area (Å²) in [5.74, 6) is -2.55. The molecular formula is C34H42FN5O6. The standard InChI is InChI=1S/C34H42FN5O6/c1-20(2)26(28(41)30-38-39-32(46-30)34(5,6)23-14-16-24(35)17-15-23)36-29(42)25-13-10-18-40(25)31(43)27(21(3)4)37-33(44)45-19-22-11-8-7-9-12-22/h7-9,11-12,14-17,20-21,25-27H,10,13,18-19H2,1-6H3,(H,36,42)(H,37,44)/t25-,26-,27-/m0/s1. The molecule has 4 rings (SSSR count). The molecule has 0 unspecified atom stereocenters. The maximum Gasteiger partial charge on any atom is 0.408 e. The number of rotatable bonds is 12. The fourth-order valence-electron chi connectivity index (χ4n) is 5.37. The molecule has 246 valence electrons. The molecule has 2 N–H and O–H groups in total. The van der Waals surface area contributed by atoms with E-state index in [1.807, 2.05) is 44.2 Å². The van der Waals surface area contributed by atoms with Gasteiger partial charge in [-0.25, -0.2) is 9.18 Å². The van der Waals surface area contributed by atoms with Gasteiger partial charge in [0.25, 0.3) is 5.89 Å². The largest absolute Gasteiger partial charge is 0.445 e. The van der Waals surface area contributed by atoms with Crippen molar-refractivity contribution >= 4 is 23.7 Å². The van der Waals surface area contributed by atoms with E-state index in [2.05, 4.69) is 20.8 Å². The molecule has 1 aliphatic rings. The van der Waals surface area contributed by atoms with Crippen LogP contribution in [0.1, 0.15) is 82.1 Å². The fraction of sp³-hybridized carbons (Fsp3) is 0.471. The molecule has 3 amide bonds. The minimum absolute atomic E-state index is 0.0519. The molecule has 11 nitrogen and oxygen atoms in total. The average molecular weight is 636 g/mol. The number of Topliss-reactive ketones (excluding diaryl/α,β-unsaturated/α-hetero) is 1. The molecule has 2 heterocycles. The second-order valence-corrected chi connectivity index (χ2v) is 12.8. The summed E-state index contributed by atoms with van der Waals surface area (Å²) in [7, 11) is 0. The second-order valence-electron chi connectivity index (χ2n) is 12.8. The van der Waals surface area contributed by atoms with E-state index in [0.717, 1.165) is 11.1 Å². The fourth-order valence-corrected chi connectivity index (χ4v) is 5.37. The van der Waals surface area contributed by atoms with Crippen LogP contribution in [0.3, 0.4) is 0 Å². The number of likely N-dealkylation sites (tertiary alicyclic amines) is 1. The van der Waals surface area contributed by atoms with Crippen molar-refractivity contribution in [2.24, 2.45) is 11.8 Å². The van der Waals surface area contributed by atoms with Gasteiger partial charge >= 0.3 is 6.09 Å². The number of hydrogen-bond acceptors (Lipinski definition) is 8. The Balaban J connectivity index is 1.43. The van der Waals surface area contributed by atoms with Crippen LogP contribution >= 0.6 is 0 Å². The Morgan fingerprint density at radius 2 is 1.61 bits per heavy atom. The number of nitrogens with one attached hydrogen (secondary N) is 2. The normalized spacial score (nSPS) is 16.3. The molecular weight excluding hydrogens is 593 g/mol. The predicted octanol–water partition coefficient (Wildman–Crippen LogP) is 4.80. The Kier molecular flexibility index (Phi) is 10.9. The van der Waals surface area contributed by atoms with E-state index in [0.29, 0.717) is 19.4 Å². The van der Waals surface area contributed by atoms with Crippen molar-refractivity contribution < 1.29 is 32.7 Å². The maximum absolute atomic E-state index is 13.7. The molecule has 1 aliphatic heterocycles. The van der Waals surface area contributed by atoms with Crippen LogP contribution in [0.25, 0.3) is 0 Å². The number of nitrogens with zero attached hydrogens (tertiary/aromatic N) is 3. The number of hydrogen-bond donors (Lipinski definition) is 2. The minimum atomic E-state index is -1.00. The molecule has 3 aromatic rings. The summed E-state index contributed by atoms with van der Waals surface area (Å²) in [6, 6.07) is 12.3. The predicted molar refractivity (Wildman–Crippen MR) is 167 cm³/mol. The number of benzene rings is 2. The topological polar surface area (TPSA) is 144 Å². The van der Waals surface area contributed by atoms with Crippen molar-refractivity contribution in [2.75, 3.05) is 6.54 Å². The first-order valence-electron chi connectivity index (χ1n) is 15.5. The van der Waals surface area contributed by atoms with Crippen LogP contribution in [0.2, 0.25) is 0 Å². The lowest BCUT2D eigenvalue weighted by Gasteiger charge is -2.31. The van der Waals surface area contributed by atoms with Crippen molar-refractivity contribution in [2.45, 2.75) is 84.5 Å². The smallest absolute Gasteiger partial charge is 0.408 e. The molecule has 3 atom stereocenters. The van der Waals surface area contributed by atoms with E-state index in [1.165, 1.54) is 17.0 Å². The minimum Gasteiger partial charge on any atom is -0.445 e. The number of ketones is 1. The third-order valence-corrected chi connectivity index (χ3v) is 8.24. The molecule has 0 spiro atoms. The first-order valence-corrected chi connectivity index (χ1v) is 15.5. The summed E-state index contributed by atoms with van der Waals surface area (Å²) < 4.78 is 24.6. The summed E-state index contributed by atoms with van der Waals surface area (Å²) in [4.78, 5) is 54.9. The molecule has 0 saturated carbocycles. The zero-order valence-electron chi connectivity index (χ0n) is 27.1. The lowest BCUT2D eigenvalue weighted by molar-refractivity contribution is -0.141. The van der Waals surface area contributed by atoms with Gasteiger partial charge in [0.05, 0.1) is 11.5 Å². The van der Waals surface area contributed by atoms with Crippen LogP contribution in [0.4, 0.5) is 9.18 Å². The lowest BCUT2D eigenvalue weighted by Crippen LogP contribution is -2.57. The summed E-state index contributed by atoms with van der Waals surface area (Å²) in [6.07, 6.45) is 0.248. The summed E-state index contributed by atoms with van der Waals surface area (Å²) >= 11 is 0. The number of ether oxygens (including phenoxy) is 1. The molecule has 1 saturated heterocycles. The van der Waals surface area contributed by atoms with Gasteiger partial charge in [-0.15, -0.1) is 10.2 Å². The highest BCUT2D eigenvalue weighted by Gasteiger charge is 2.41. The highest BCUT2D eigenvalue weighted by molar-refractivity contribution is 6.00. The highest BCUT2D eigenvalue weighted by atomic mass is 19.1. The van der Waals surface area contributed by atoms with Crippen molar-refractivity contribution in [3.05, 3.63) is 83.3 Å². The quantitative estimate of drug-likeness (QED) is 0.270. The van der Waals surface area contributed by atoms with Gasteiger partial charge in [-0.3, -0.25) is 14.4 Å². The molecule has 1 aromatic heterocycles. The van der Waals surface area contributed by atoms with Crippen molar-refractivity contribution in [1.82, 2.24) is 25.7 Å². The zero-order valence-corrected chi connectivity index (χ0v) is 27.1. The Bertz CT molecular complexity index is 1520. The van der Waals surface area contributed by atoms with Crippen LogP contribution in [-0.4, -0.2) is 63.5 Å². The van der Waals surface area contributed by atoms with Crippen molar-refractivity contribution in [3.63, 3.8) is 0 Å². The van der Waals surface area contributed by atoms with Crippen molar-refractivity contribution in [1.29, 1.82) is 0 Å². The Hall–Kier alpha value is -4.61. The molecule has 0 aliphatic carbocycles. The van der Waals surface area contributed by atoms with E-state index in [4.69, 9.17) is 9.15 Å². The summed E-state index contributed by atoms with van der Waals surface area (Å²) in [5.41, 5.74) is 0.717. The number of halogens is 1. The van der Waals surface area contributed by atoms with Crippen molar-refractivity contribution in [3.8, 4) is 0 Å². The Morgan fingerprint density at radius 3 is 2.24 bits per heavy atom. The molecule has 2 aromatic carbocycles. The lowest BCUT2D eigenvalue weighted by atomic mass is 9.84.